The van der Waals surface area contributed by atoms with Gasteiger partial charge in [0.2, 0.25) is 11.8 Å². The predicted octanol–water partition coefficient (Wildman–Crippen LogP) is 2.65. The third-order valence-corrected chi connectivity index (χ3v) is 5.70. The molecular weight excluding hydrogens is 373 g/mol. The highest BCUT2D eigenvalue weighted by Gasteiger charge is 2.45. The van der Waals surface area contributed by atoms with Crippen LogP contribution in [-0.2, 0) is 9.59 Å². The zero-order chi connectivity index (χ0) is 20.2. The highest BCUT2D eigenvalue weighted by Crippen LogP contribution is 2.36. The molecule has 2 aromatic rings. The number of benzene rings is 1. The zero-order valence-corrected chi connectivity index (χ0v) is 16.1. The van der Waals surface area contributed by atoms with Crippen molar-refractivity contribution in [2.45, 2.75) is 43.7 Å². The van der Waals surface area contributed by atoms with Crippen molar-refractivity contribution in [1.82, 2.24) is 15.2 Å². The summed E-state index contributed by atoms with van der Waals surface area (Å²) in [5.74, 6) is -0.250. The summed E-state index contributed by atoms with van der Waals surface area (Å²) in [6.45, 7) is 0.299. The Hall–Kier alpha value is -2.96. The maximum Gasteiger partial charge on any atom is 0.260 e. The van der Waals surface area contributed by atoms with Gasteiger partial charge >= 0.3 is 0 Å². The van der Waals surface area contributed by atoms with E-state index in [1.165, 1.54) is 12.1 Å². The van der Waals surface area contributed by atoms with Gasteiger partial charge in [0.25, 0.3) is 5.91 Å². The van der Waals surface area contributed by atoms with Gasteiger partial charge in [-0.1, -0.05) is 24.6 Å². The summed E-state index contributed by atoms with van der Waals surface area (Å²) >= 11 is 0. The lowest BCUT2D eigenvalue weighted by molar-refractivity contribution is -0.135. The van der Waals surface area contributed by atoms with Gasteiger partial charge < -0.3 is 15.0 Å². The number of nitrogens with zero attached hydrogens (tertiary/aromatic N) is 2. The highest BCUT2D eigenvalue weighted by molar-refractivity contribution is 5.80. The van der Waals surface area contributed by atoms with Crippen molar-refractivity contribution < 1.29 is 18.7 Å². The summed E-state index contributed by atoms with van der Waals surface area (Å²) in [4.78, 5) is 31.1. The molecule has 3 atom stereocenters. The zero-order valence-electron chi connectivity index (χ0n) is 16.1. The van der Waals surface area contributed by atoms with Gasteiger partial charge in [-0.05, 0) is 36.6 Å². The SMILES string of the molecule is O=C1CCCC[C@@H]2[C@@H](N1)[C@H](c1cccc(F)c1)CN2C(=O)COc1ccccn1. The van der Waals surface area contributed by atoms with Gasteiger partial charge in [0, 0.05) is 31.1 Å². The van der Waals surface area contributed by atoms with Crippen LogP contribution in [0.1, 0.15) is 37.2 Å². The normalized spacial score (nSPS) is 24.2. The van der Waals surface area contributed by atoms with E-state index >= 15 is 0 Å². The second kappa shape index (κ2) is 8.59. The van der Waals surface area contributed by atoms with Gasteiger partial charge in [-0.3, -0.25) is 9.59 Å². The lowest BCUT2D eigenvalue weighted by Gasteiger charge is -2.31. The Kier molecular flexibility index (Phi) is 5.74. The first kappa shape index (κ1) is 19.4. The Morgan fingerprint density at radius 3 is 2.93 bits per heavy atom. The first-order chi connectivity index (χ1) is 14.1. The lowest BCUT2D eigenvalue weighted by atomic mass is 9.88. The number of ether oxygens (including phenoxy) is 1. The Labute approximate surface area is 169 Å². The molecule has 1 N–H and O–H groups in total. The van der Waals surface area contributed by atoms with Gasteiger partial charge in [0.15, 0.2) is 6.61 Å². The number of rotatable bonds is 4. The van der Waals surface area contributed by atoms with Crippen LogP contribution in [0.2, 0.25) is 0 Å². The number of hydrogen-bond donors (Lipinski definition) is 1. The third-order valence-electron chi connectivity index (χ3n) is 5.70. The molecule has 2 amide bonds. The molecule has 2 aliphatic heterocycles. The van der Waals surface area contributed by atoms with Gasteiger partial charge in [0.05, 0.1) is 12.1 Å². The first-order valence-corrected chi connectivity index (χ1v) is 10.00. The van der Waals surface area contributed by atoms with Gasteiger partial charge in [-0.25, -0.2) is 9.37 Å². The summed E-state index contributed by atoms with van der Waals surface area (Å²) in [6, 6.07) is 11.3. The number of amides is 2. The molecule has 7 heteroatoms. The van der Waals surface area contributed by atoms with Crippen molar-refractivity contribution >= 4 is 11.8 Å². The molecular formula is C22H24FN3O3. The molecule has 0 unspecified atom stereocenters. The number of carbonyl (C=O) groups excluding carboxylic acids is 2. The van der Waals surface area contributed by atoms with E-state index in [0.717, 1.165) is 24.8 Å². The van der Waals surface area contributed by atoms with Gasteiger partial charge in [0.1, 0.15) is 5.82 Å². The summed E-state index contributed by atoms with van der Waals surface area (Å²) in [5, 5.41) is 3.10. The number of pyridine rings is 1. The smallest absolute Gasteiger partial charge is 0.260 e. The number of halogens is 1. The molecule has 2 saturated heterocycles. The summed E-state index contributed by atoms with van der Waals surface area (Å²) in [7, 11) is 0. The largest absolute Gasteiger partial charge is 0.468 e. The number of aromatic nitrogens is 1. The van der Waals surface area contributed by atoms with Crippen molar-refractivity contribution in [3.05, 3.63) is 60.0 Å². The average Bonchev–Trinajstić information content (AvgIpc) is 3.06. The van der Waals surface area contributed by atoms with Crippen LogP contribution in [0.4, 0.5) is 4.39 Å². The Balaban J connectivity index is 1.56. The maximum atomic E-state index is 13.8. The van der Waals surface area contributed by atoms with Gasteiger partial charge in [-0.15, -0.1) is 0 Å². The van der Waals surface area contributed by atoms with E-state index in [-0.39, 0.29) is 42.2 Å². The standard InChI is InChI=1S/C22H24FN3O3/c23-16-7-5-6-15(12-16)17-13-26(18-8-1-2-9-19(27)25-22(17)18)21(28)14-29-20-10-3-4-11-24-20/h3-7,10-12,17-18,22H,1-2,8-9,13-14H2,(H,25,27)/t17-,18+,22-/m0/s1. The van der Waals surface area contributed by atoms with Gasteiger partial charge in [-0.2, -0.15) is 0 Å². The van der Waals surface area contributed by atoms with E-state index in [1.54, 1.807) is 35.4 Å². The van der Waals surface area contributed by atoms with E-state index in [1.807, 2.05) is 6.07 Å². The fourth-order valence-electron chi connectivity index (χ4n) is 4.34. The monoisotopic (exact) mass is 397 g/mol. The Bertz CT molecular complexity index is 877. The van der Waals surface area contributed by atoms with Crippen molar-refractivity contribution in [3.63, 3.8) is 0 Å². The Morgan fingerprint density at radius 2 is 2.14 bits per heavy atom. The molecule has 0 bridgehead atoms. The number of hydrogen-bond acceptors (Lipinski definition) is 4. The van der Waals surface area contributed by atoms with Crippen molar-refractivity contribution in [2.75, 3.05) is 13.2 Å². The number of nitrogens with one attached hydrogen (secondary N) is 1. The third kappa shape index (κ3) is 4.39. The van der Waals surface area contributed by atoms with E-state index in [2.05, 4.69) is 10.3 Å². The summed E-state index contributed by atoms with van der Waals surface area (Å²) < 4.78 is 19.4. The van der Waals surface area contributed by atoms with Crippen LogP contribution < -0.4 is 10.1 Å². The highest BCUT2D eigenvalue weighted by atomic mass is 19.1. The van der Waals surface area contributed by atoms with Crippen LogP contribution in [-0.4, -0.2) is 46.9 Å². The minimum absolute atomic E-state index is 0.0138. The second-order valence-corrected chi connectivity index (χ2v) is 7.57. The number of fused-ring (bicyclic) bond motifs is 1. The van der Waals surface area contributed by atoms with E-state index < -0.39 is 0 Å². The van der Waals surface area contributed by atoms with E-state index in [9.17, 15) is 14.0 Å². The molecule has 2 fully saturated rings. The van der Waals surface area contributed by atoms with Crippen LogP contribution >= 0.6 is 0 Å². The fraction of sp³-hybridized carbons (Fsp3) is 0.409. The molecule has 0 aliphatic carbocycles. The minimum atomic E-state index is -0.320. The van der Waals surface area contributed by atoms with Crippen molar-refractivity contribution in [2.24, 2.45) is 0 Å². The lowest BCUT2D eigenvalue weighted by Crippen LogP contribution is -2.49. The molecule has 0 saturated carbocycles. The second-order valence-electron chi connectivity index (χ2n) is 7.57. The molecule has 0 radical (unpaired) electrons. The molecule has 3 heterocycles. The molecule has 0 spiro atoms. The van der Waals surface area contributed by atoms with E-state index in [0.29, 0.717) is 18.8 Å². The first-order valence-electron chi connectivity index (χ1n) is 10.00. The van der Waals surface area contributed by atoms with Crippen LogP contribution in [0, 0.1) is 5.82 Å². The molecule has 6 nitrogen and oxygen atoms in total. The van der Waals surface area contributed by atoms with Crippen LogP contribution in [0.5, 0.6) is 5.88 Å². The number of carbonyl (C=O) groups is 2. The van der Waals surface area contributed by atoms with Crippen LogP contribution in [0.15, 0.2) is 48.7 Å². The van der Waals surface area contributed by atoms with Crippen LogP contribution in [0.3, 0.4) is 0 Å². The minimum Gasteiger partial charge on any atom is -0.468 e. The van der Waals surface area contributed by atoms with E-state index in [4.69, 9.17) is 4.74 Å². The molecule has 29 heavy (non-hydrogen) atoms. The average molecular weight is 397 g/mol. The molecule has 152 valence electrons. The molecule has 1 aromatic heterocycles. The number of likely N-dealkylation sites (tertiary alicyclic amines) is 1. The fourth-order valence-corrected chi connectivity index (χ4v) is 4.34. The topological polar surface area (TPSA) is 71.5 Å². The molecule has 2 aliphatic rings. The molecule has 1 aromatic carbocycles. The molecule has 4 rings (SSSR count). The van der Waals surface area contributed by atoms with Crippen LogP contribution in [0.25, 0.3) is 0 Å². The maximum absolute atomic E-state index is 13.8. The van der Waals surface area contributed by atoms with Crippen molar-refractivity contribution in [1.29, 1.82) is 0 Å². The summed E-state index contributed by atoms with van der Waals surface area (Å²) in [5.41, 5.74) is 0.793. The Morgan fingerprint density at radius 1 is 1.24 bits per heavy atom. The predicted molar refractivity (Wildman–Crippen MR) is 105 cm³/mol. The van der Waals surface area contributed by atoms with Crippen molar-refractivity contribution in [3.8, 4) is 5.88 Å². The summed E-state index contributed by atoms with van der Waals surface area (Å²) in [6.07, 6.45) is 4.55. The quantitative estimate of drug-likeness (QED) is 0.861.